The van der Waals surface area contributed by atoms with Gasteiger partial charge in [-0.1, -0.05) is 0 Å². The van der Waals surface area contributed by atoms with Gasteiger partial charge in [-0.05, 0) is 28.9 Å². The largest absolute Gasteiger partial charge is 0.345 e. The van der Waals surface area contributed by atoms with Gasteiger partial charge in [0.1, 0.15) is 5.69 Å². The average Bonchev–Trinajstić information content (AvgIpc) is 2.41. The van der Waals surface area contributed by atoms with Gasteiger partial charge in [0.2, 0.25) is 0 Å². The molecule has 0 fully saturated rings. The van der Waals surface area contributed by atoms with E-state index in [2.05, 4.69) is 21.4 Å². The van der Waals surface area contributed by atoms with Crippen molar-refractivity contribution in [2.75, 3.05) is 6.61 Å². The highest BCUT2D eigenvalue weighted by atomic mass is 79.9. The quantitative estimate of drug-likeness (QED) is 0.822. The molecule has 0 aliphatic heterocycles. The molecule has 1 rings (SSSR count). The topological polar surface area (TPSA) is 43.3 Å². The van der Waals surface area contributed by atoms with E-state index in [9.17, 15) is 4.79 Å². The van der Waals surface area contributed by atoms with Crippen LogP contribution in [0.5, 0.6) is 0 Å². The SMILES string of the molecule is CCONC(=O)c1cc(Br)cn1C. The number of halogens is 1. The number of hydrogen-bond donors (Lipinski definition) is 1. The van der Waals surface area contributed by atoms with Gasteiger partial charge in [0.15, 0.2) is 0 Å². The van der Waals surface area contributed by atoms with E-state index in [1.807, 2.05) is 0 Å². The van der Waals surface area contributed by atoms with Crippen molar-refractivity contribution in [1.29, 1.82) is 0 Å². The Morgan fingerprint density at radius 2 is 2.46 bits per heavy atom. The van der Waals surface area contributed by atoms with Crippen molar-refractivity contribution < 1.29 is 9.63 Å². The van der Waals surface area contributed by atoms with Crippen LogP contribution in [0.2, 0.25) is 0 Å². The molecule has 0 spiro atoms. The van der Waals surface area contributed by atoms with Gasteiger partial charge in [0.25, 0.3) is 5.91 Å². The van der Waals surface area contributed by atoms with Gasteiger partial charge >= 0.3 is 0 Å². The molecule has 1 amide bonds. The standard InChI is InChI=1S/C8H11BrN2O2/c1-3-13-10-8(12)7-4-6(9)5-11(7)2/h4-5H,3H2,1-2H3,(H,10,12). The molecule has 0 saturated carbocycles. The van der Waals surface area contributed by atoms with Crippen molar-refractivity contribution in [3.8, 4) is 0 Å². The maximum atomic E-state index is 11.4. The zero-order chi connectivity index (χ0) is 9.84. The highest BCUT2D eigenvalue weighted by Gasteiger charge is 2.09. The van der Waals surface area contributed by atoms with Crippen LogP contribution in [0.3, 0.4) is 0 Å². The Morgan fingerprint density at radius 1 is 1.77 bits per heavy atom. The number of aryl methyl sites for hydroxylation is 1. The summed E-state index contributed by atoms with van der Waals surface area (Å²) < 4.78 is 2.59. The minimum atomic E-state index is -0.241. The average molecular weight is 247 g/mol. The molecule has 1 aromatic rings. The van der Waals surface area contributed by atoms with Crippen LogP contribution < -0.4 is 5.48 Å². The number of carbonyl (C=O) groups is 1. The zero-order valence-corrected chi connectivity index (χ0v) is 9.09. The van der Waals surface area contributed by atoms with Crippen molar-refractivity contribution >= 4 is 21.8 Å². The molecule has 0 aliphatic rings. The first-order valence-electron chi connectivity index (χ1n) is 3.89. The molecule has 1 N–H and O–H groups in total. The first kappa shape index (κ1) is 10.3. The van der Waals surface area contributed by atoms with Gasteiger partial charge in [-0.25, -0.2) is 5.48 Å². The van der Waals surface area contributed by atoms with Gasteiger partial charge in [0.05, 0.1) is 6.61 Å². The fourth-order valence-corrected chi connectivity index (χ4v) is 1.46. The molecule has 0 aromatic carbocycles. The van der Waals surface area contributed by atoms with Gasteiger partial charge < -0.3 is 4.57 Å². The number of hydrogen-bond acceptors (Lipinski definition) is 2. The molecule has 72 valence electrons. The Balaban J connectivity index is 2.70. The summed E-state index contributed by atoms with van der Waals surface area (Å²) in [5.41, 5.74) is 2.88. The maximum absolute atomic E-state index is 11.4. The Labute approximate surface area is 85.0 Å². The molecule has 0 saturated heterocycles. The number of hydroxylamine groups is 1. The van der Waals surface area contributed by atoms with Gasteiger partial charge in [0, 0.05) is 17.7 Å². The molecular formula is C8H11BrN2O2. The van der Waals surface area contributed by atoms with E-state index in [-0.39, 0.29) is 5.91 Å². The smallest absolute Gasteiger partial charge is 0.291 e. The lowest BCUT2D eigenvalue weighted by molar-refractivity contribution is 0.0357. The van der Waals surface area contributed by atoms with Crippen LogP contribution in [-0.2, 0) is 11.9 Å². The van der Waals surface area contributed by atoms with Crippen LogP contribution in [0.25, 0.3) is 0 Å². The number of nitrogens with one attached hydrogen (secondary N) is 1. The summed E-state index contributed by atoms with van der Waals surface area (Å²) in [7, 11) is 1.80. The van der Waals surface area contributed by atoms with Crippen molar-refractivity contribution in [2.24, 2.45) is 7.05 Å². The molecule has 13 heavy (non-hydrogen) atoms. The summed E-state index contributed by atoms with van der Waals surface area (Å²) in [6.45, 7) is 2.26. The van der Waals surface area contributed by atoms with Crippen molar-refractivity contribution in [3.05, 3.63) is 22.4 Å². The van der Waals surface area contributed by atoms with Crippen LogP contribution in [0, 0.1) is 0 Å². The highest BCUT2D eigenvalue weighted by molar-refractivity contribution is 9.10. The highest BCUT2D eigenvalue weighted by Crippen LogP contribution is 2.13. The van der Waals surface area contributed by atoms with Crippen molar-refractivity contribution in [2.45, 2.75) is 6.92 Å². The van der Waals surface area contributed by atoms with Crippen LogP contribution in [0.15, 0.2) is 16.7 Å². The molecule has 5 heteroatoms. The van der Waals surface area contributed by atoms with Crippen LogP contribution in [0.1, 0.15) is 17.4 Å². The second kappa shape index (κ2) is 4.43. The summed E-state index contributed by atoms with van der Waals surface area (Å²) in [5.74, 6) is -0.241. The number of amides is 1. The minimum Gasteiger partial charge on any atom is -0.345 e. The summed E-state index contributed by atoms with van der Waals surface area (Å²) in [4.78, 5) is 16.1. The molecule has 0 unspecified atom stereocenters. The van der Waals surface area contributed by atoms with Crippen LogP contribution in [0.4, 0.5) is 0 Å². The molecule has 0 radical (unpaired) electrons. The zero-order valence-electron chi connectivity index (χ0n) is 7.50. The van der Waals surface area contributed by atoms with Gasteiger partial charge in [-0.2, -0.15) is 0 Å². The first-order valence-corrected chi connectivity index (χ1v) is 4.68. The van der Waals surface area contributed by atoms with Crippen molar-refractivity contribution in [3.63, 3.8) is 0 Å². The molecule has 4 nitrogen and oxygen atoms in total. The van der Waals surface area contributed by atoms with Gasteiger partial charge in [-0.15, -0.1) is 0 Å². The molecule has 0 aliphatic carbocycles. The van der Waals surface area contributed by atoms with Crippen LogP contribution in [-0.4, -0.2) is 17.1 Å². The molecule has 1 heterocycles. The van der Waals surface area contributed by atoms with Crippen LogP contribution >= 0.6 is 15.9 Å². The predicted molar refractivity (Wildman–Crippen MR) is 52.2 cm³/mol. The fourth-order valence-electron chi connectivity index (χ4n) is 0.940. The van der Waals surface area contributed by atoms with E-state index in [1.54, 1.807) is 30.8 Å². The van der Waals surface area contributed by atoms with Crippen molar-refractivity contribution in [1.82, 2.24) is 10.0 Å². The third kappa shape index (κ3) is 2.57. The molecule has 1 aromatic heterocycles. The third-order valence-electron chi connectivity index (χ3n) is 1.51. The monoisotopic (exact) mass is 246 g/mol. The minimum absolute atomic E-state index is 0.241. The lowest BCUT2D eigenvalue weighted by Crippen LogP contribution is -2.25. The normalized spacial score (nSPS) is 10.1. The molecule has 0 bridgehead atoms. The maximum Gasteiger partial charge on any atom is 0.291 e. The fraction of sp³-hybridized carbons (Fsp3) is 0.375. The number of carbonyl (C=O) groups excluding carboxylic acids is 1. The Bertz CT molecular complexity index is 309. The van der Waals surface area contributed by atoms with E-state index in [4.69, 9.17) is 4.84 Å². The van der Waals surface area contributed by atoms with Gasteiger partial charge in [-0.3, -0.25) is 9.63 Å². The summed E-state index contributed by atoms with van der Waals surface area (Å²) in [6, 6.07) is 1.73. The Kier molecular flexibility index (Phi) is 3.50. The lowest BCUT2D eigenvalue weighted by atomic mass is 10.4. The van der Waals surface area contributed by atoms with E-state index in [0.717, 1.165) is 4.47 Å². The van der Waals surface area contributed by atoms with E-state index in [0.29, 0.717) is 12.3 Å². The summed E-state index contributed by atoms with van der Waals surface area (Å²) >= 11 is 3.28. The Hall–Kier alpha value is -0.810. The first-order chi connectivity index (χ1) is 6.15. The number of nitrogens with zero attached hydrogens (tertiary/aromatic N) is 1. The second-order valence-corrected chi connectivity index (χ2v) is 3.43. The third-order valence-corrected chi connectivity index (χ3v) is 1.95. The number of aromatic nitrogens is 1. The second-order valence-electron chi connectivity index (χ2n) is 2.52. The summed E-state index contributed by atoms with van der Waals surface area (Å²) in [5, 5.41) is 0. The van der Waals surface area contributed by atoms with E-state index in [1.165, 1.54) is 0 Å². The van der Waals surface area contributed by atoms with E-state index < -0.39 is 0 Å². The van der Waals surface area contributed by atoms with E-state index >= 15 is 0 Å². The molecule has 0 atom stereocenters. The Morgan fingerprint density at radius 3 is 2.92 bits per heavy atom. The molecular weight excluding hydrogens is 236 g/mol. The lowest BCUT2D eigenvalue weighted by Gasteiger charge is -2.03. The predicted octanol–water partition coefficient (Wildman–Crippen LogP) is 1.47. The number of rotatable bonds is 3. The summed E-state index contributed by atoms with van der Waals surface area (Å²) in [6.07, 6.45) is 1.81.